The predicted octanol–water partition coefficient (Wildman–Crippen LogP) is 3.18. The van der Waals surface area contributed by atoms with E-state index in [-0.39, 0.29) is 17.3 Å². The highest BCUT2D eigenvalue weighted by Crippen LogP contribution is 2.26. The molecular weight excluding hydrogens is 231 g/mol. The summed E-state index contributed by atoms with van der Waals surface area (Å²) in [6, 6.07) is 6.22. The lowest BCUT2D eigenvalue weighted by Gasteiger charge is -2.34. The van der Waals surface area contributed by atoms with E-state index in [4.69, 9.17) is 4.74 Å². The summed E-state index contributed by atoms with van der Waals surface area (Å²) in [5.41, 5.74) is 0.785. The Bertz CT molecular complexity index is 354. The van der Waals surface area contributed by atoms with E-state index in [0.29, 0.717) is 13.0 Å². The molecule has 0 aliphatic heterocycles. The van der Waals surface area contributed by atoms with Crippen LogP contribution in [0.1, 0.15) is 33.3 Å². The van der Waals surface area contributed by atoms with Crippen LogP contribution in [0, 0.1) is 11.2 Å². The van der Waals surface area contributed by atoms with Gasteiger partial charge in [-0.15, -0.1) is 0 Å². The number of hydrogen-bond donors (Lipinski definition) is 1. The van der Waals surface area contributed by atoms with Crippen LogP contribution in [0.5, 0.6) is 0 Å². The van der Waals surface area contributed by atoms with Gasteiger partial charge < -0.3 is 9.84 Å². The third-order valence-electron chi connectivity index (χ3n) is 2.91. The van der Waals surface area contributed by atoms with Crippen molar-refractivity contribution in [3.8, 4) is 0 Å². The van der Waals surface area contributed by atoms with Crippen molar-refractivity contribution in [3.63, 3.8) is 0 Å². The first-order valence-electron chi connectivity index (χ1n) is 6.38. The van der Waals surface area contributed by atoms with Crippen molar-refractivity contribution in [1.29, 1.82) is 0 Å². The molecule has 1 aromatic carbocycles. The summed E-state index contributed by atoms with van der Waals surface area (Å²) in [7, 11) is 0. The molecular formula is C15H23FO2. The minimum Gasteiger partial charge on any atom is -0.390 e. The number of ether oxygens (including phenoxy) is 1. The fourth-order valence-electron chi connectivity index (χ4n) is 2.09. The van der Waals surface area contributed by atoms with Gasteiger partial charge >= 0.3 is 0 Å². The fraction of sp³-hybridized carbons (Fsp3) is 0.600. The van der Waals surface area contributed by atoms with Crippen molar-refractivity contribution in [2.75, 3.05) is 6.61 Å². The second-order valence-corrected chi connectivity index (χ2v) is 5.64. The summed E-state index contributed by atoms with van der Waals surface area (Å²) < 4.78 is 18.4. The number of aliphatic hydroxyl groups excluding tert-OH is 1. The normalized spacial score (nSPS) is 15.4. The van der Waals surface area contributed by atoms with Crippen molar-refractivity contribution in [1.82, 2.24) is 0 Å². The molecule has 0 aliphatic carbocycles. The van der Waals surface area contributed by atoms with Gasteiger partial charge in [-0.2, -0.15) is 0 Å². The van der Waals surface area contributed by atoms with Crippen molar-refractivity contribution >= 4 is 0 Å². The summed E-state index contributed by atoms with van der Waals surface area (Å²) in [6.45, 7) is 8.62. The molecule has 0 spiro atoms. The summed E-state index contributed by atoms with van der Waals surface area (Å²) in [5, 5.41) is 10.3. The molecule has 0 bridgehead atoms. The van der Waals surface area contributed by atoms with E-state index < -0.39 is 6.10 Å². The zero-order valence-electron chi connectivity index (χ0n) is 11.6. The van der Waals surface area contributed by atoms with Crippen LogP contribution in [-0.2, 0) is 11.2 Å². The molecule has 0 heterocycles. The molecule has 0 radical (unpaired) electrons. The van der Waals surface area contributed by atoms with Crippen molar-refractivity contribution < 1.29 is 14.2 Å². The van der Waals surface area contributed by atoms with Gasteiger partial charge in [0, 0.05) is 13.0 Å². The standard InChI is InChI=1S/C15H23FO2/c1-5-18-14(15(2,3)4)13(17)10-11-6-8-12(16)9-7-11/h6-9,13-14,17H,5,10H2,1-4H3. The van der Waals surface area contributed by atoms with Gasteiger partial charge in [-0.1, -0.05) is 32.9 Å². The van der Waals surface area contributed by atoms with Crippen LogP contribution in [0.2, 0.25) is 0 Å². The molecule has 2 nitrogen and oxygen atoms in total. The molecule has 0 aliphatic rings. The molecule has 0 fully saturated rings. The Morgan fingerprint density at radius 3 is 2.22 bits per heavy atom. The molecule has 0 saturated heterocycles. The summed E-state index contributed by atoms with van der Waals surface area (Å²) in [6.07, 6.45) is -0.342. The maximum absolute atomic E-state index is 12.8. The monoisotopic (exact) mass is 254 g/mol. The molecule has 0 aromatic heterocycles. The number of halogens is 1. The topological polar surface area (TPSA) is 29.5 Å². The van der Waals surface area contributed by atoms with E-state index in [1.54, 1.807) is 12.1 Å². The first-order valence-corrected chi connectivity index (χ1v) is 6.38. The average Bonchev–Trinajstić information content (AvgIpc) is 2.27. The lowest BCUT2D eigenvalue weighted by atomic mass is 9.83. The van der Waals surface area contributed by atoms with Crippen LogP contribution in [0.4, 0.5) is 4.39 Å². The Morgan fingerprint density at radius 1 is 1.22 bits per heavy atom. The quantitative estimate of drug-likeness (QED) is 0.874. The third-order valence-corrected chi connectivity index (χ3v) is 2.91. The molecule has 102 valence electrons. The van der Waals surface area contributed by atoms with Gasteiger partial charge in [-0.25, -0.2) is 4.39 Å². The van der Waals surface area contributed by atoms with Gasteiger partial charge in [0.15, 0.2) is 0 Å². The van der Waals surface area contributed by atoms with Gasteiger partial charge in [0.05, 0.1) is 12.2 Å². The Labute approximate surface area is 109 Å². The van der Waals surface area contributed by atoms with Gasteiger partial charge in [-0.05, 0) is 30.0 Å². The lowest BCUT2D eigenvalue weighted by molar-refractivity contribution is -0.0873. The van der Waals surface area contributed by atoms with Gasteiger partial charge in [-0.3, -0.25) is 0 Å². The first kappa shape index (κ1) is 15.1. The van der Waals surface area contributed by atoms with E-state index in [9.17, 15) is 9.50 Å². The molecule has 1 N–H and O–H groups in total. The fourth-order valence-corrected chi connectivity index (χ4v) is 2.09. The number of hydrogen-bond acceptors (Lipinski definition) is 2. The predicted molar refractivity (Wildman–Crippen MR) is 71.0 cm³/mol. The minimum absolute atomic E-state index is 0.130. The SMILES string of the molecule is CCOC(C(O)Cc1ccc(F)cc1)C(C)(C)C. The molecule has 0 saturated carbocycles. The number of benzene rings is 1. The zero-order valence-corrected chi connectivity index (χ0v) is 11.6. The molecule has 1 rings (SSSR count). The third kappa shape index (κ3) is 4.39. The van der Waals surface area contributed by atoms with Gasteiger partial charge in [0.1, 0.15) is 5.82 Å². The van der Waals surface area contributed by atoms with E-state index in [1.165, 1.54) is 12.1 Å². The highest BCUT2D eigenvalue weighted by atomic mass is 19.1. The molecule has 0 amide bonds. The van der Waals surface area contributed by atoms with E-state index in [2.05, 4.69) is 0 Å². The van der Waals surface area contributed by atoms with E-state index in [1.807, 2.05) is 27.7 Å². The molecule has 18 heavy (non-hydrogen) atoms. The second kappa shape index (κ2) is 6.30. The summed E-state index contributed by atoms with van der Waals surface area (Å²) >= 11 is 0. The van der Waals surface area contributed by atoms with Crippen LogP contribution >= 0.6 is 0 Å². The highest BCUT2D eigenvalue weighted by molar-refractivity contribution is 5.17. The largest absolute Gasteiger partial charge is 0.390 e. The summed E-state index contributed by atoms with van der Waals surface area (Å²) in [5.74, 6) is -0.259. The van der Waals surface area contributed by atoms with Crippen LogP contribution in [0.3, 0.4) is 0 Å². The Hall–Kier alpha value is -0.930. The maximum Gasteiger partial charge on any atom is 0.123 e. The smallest absolute Gasteiger partial charge is 0.123 e. The lowest BCUT2D eigenvalue weighted by Crippen LogP contribution is -2.41. The number of aliphatic hydroxyl groups is 1. The van der Waals surface area contributed by atoms with Crippen molar-refractivity contribution in [2.24, 2.45) is 5.41 Å². The second-order valence-electron chi connectivity index (χ2n) is 5.64. The Morgan fingerprint density at radius 2 is 1.78 bits per heavy atom. The van der Waals surface area contributed by atoms with Crippen molar-refractivity contribution in [3.05, 3.63) is 35.6 Å². The average molecular weight is 254 g/mol. The highest BCUT2D eigenvalue weighted by Gasteiger charge is 2.31. The minimum atomic E-state index is -0.588. The Kier molecular flexibility index (Phi) is 5.29. The zero-order chi connectivity index (χ0) is 13.8. The maximum atomic E-state index is 12.8. The van der Waals surface area contributed by atoms with Gasteiger partial charge in [0.25, 0.3) is 0 Å². The molecule has 1 aromatic rings. The van der Waals surface area contributed by atoms with E-state index in [0.717, 1.165) is 5.56 Å². The van der Waals surface area contributed by atoms with Crippen LogP contribution in [0.15, 0.2) is 24.3 Å². The van der Waals surface area contributed by atoms with Crippen LogP contribution in [0.25, 0.3) is 0 Å². The van der Waals surface area contributed by atoms with E-state index >= 15 is 0 Å². The van der Waals surface area contributed by atoms with Gasteiger partial charge in [0.2, 0.25) is 0 Å². The van der Waals surface area contributed by atoms with Crippen molar-refractivity contribution in [2.45, 2.75) is 46.3 Å². The van der Waals surface area contributed by atoms with Crippen LogP contribution < -0.4 is 0 Å². The van der Waals surface area contributed by atoms with Crippen LogP contribution in [-0.4, -0.2) is 23.9 Å². The Balaban J connectivity index is 2.72. The first-order chi connectivity index (χ1) is 8.34. The number of rotatable bonds is 5. The summed E-state index contributed by atoms with van der Waals surface area (Å²) in [4.78, 5) is 0. The molecule has 2 unspecified atom stereocenters. The molecule has 3 heteroatoms. The molecule has 2 atom stereocenters.